The first-order valence-corrected chi connectivity index (χ1v) is 10.3. The lowest BCUT2D eigenvalue weighted by Crippen LogP contribution is -2.38. The molecule has 0 aliphatic rings. The highest BCUT2D eigenvalue weighted by molar-refractivity contribution is 7.84. The fourth-order valence-corrected chi connectivity index (χ4v) is 4.42. The summed E-state index contributed by atoms with van der Waals surface area (Å²) in [5.74, 6) is 0.573. The Bertz CT molecular complexity index is 823. The monoisotopic (exact) mass is 426 g/mol. The van der Waals surface area contributed by atoms with Crippen LogP contribution in [0.4, 0.5) is 0 Å². The van der Waals surface area contributed by atoms with E-state index in [4.69, 9.17) is 27.9 Å². The number of pyridine rings is 1. The average molecular weight is 427 g/mol. The number of hydrogen-bond donors (Lipinski definition) is 0. The Morgan fingerprint density at radius 1 is 1.26 bits per heavy atom. The summed E-state index contributed by atoms with van der Waals surface area (Å²) in [6.07, 6.45) is 5.04. The van der Waals surface area contributed by atoms with Gasteiger partial charge in [0, 0.05) is 25.0 Å². The lowest BCUT2D eigenvalue weighted by atomic mass is 9.98. The molecule has 0 N–H and O–H groups in total. The van der Waals surface area contributed by atoms with Crippen LogP contribution in [-0.4, -0.2) is 31.9 Å². The zero-order chi connectivity index (χ0) is 20.2. The quantitative estimate of drug-likeness (QED) is 0.553. The summed E-state index contributed by atoms with van der Waals surface area (Å²) in [4.78, 5) is 4.09. The summed E-state index contributed by atoms with van der Waals surface area (Å²) < 4.78 is 20.3. The van der Waals surface area contributed by atoms with Crippen LogP contribution >= 0.6 is 23.2 Å². The summed E-state index contributed by atoms with van der Waals surface area (Å²) in [7, 11) is 0.500. The number of aromatic nitrogens is 1. The van der Waals surface area contributed by atoms with Gasteiger partial charge in [0.25, 0.3) is 0 Å². The zero-order valence-corrected chi connectivity index (χ0v) is 18.2. The molecule has 0 aliphatic carbocycles. The molecule has 1 heterocycles. The van der Waals surface area contributed by atoms with Gasteiger partial charge in [0.1, 0.15) is 23.3 Å². The van der Waals surface area contributed by atoms with E-state index in [2.05, 4.69) is 11.6 Å². The maximum absolute atomic E-state index is 13.2. The molecule has 4 nitrogen and oxygen atoms in total. The highest BCUT2D eigenvalue weighted by Crippen LogP contribution is 2.43. The molecule has 1 aromatic carbocycles. The Kier molecular flexibility index (Phi) is 7.46. The van der Waals surface area contributed by atoms with Crippen molar-refractivity contribution >= 4 is 34.2 Å². The molecule has 0 bridgehead atoms. The molecule has 146 valence electrons. The summed E-state index contributed by atoms with van der Waals surface area (Å²) in [6, 6.07) is 6.77. The third-order valence-electron chi connectivity index (χ3n) is 3.89. The van der Waals surface area contributed by atoms with Gasteiger partial charge in [-0.3, -0.25) is 4.98 Å². The molecular formula is C20H24Cl2N2O2S. The molecule has 2 rings (SSSR count). The van der Waals surface area contributed by atoms with Crippen LogP contribution in [0, 0.1) is 0 Å². The van der Waals surface area contributed by atoms with E-state index in [1.165, 1.54) is 0 Å². The molecule has 27 heavy (non-hydrogen) atoms. The molecule has 0 amide bonds. The molecular weight excluding hydrogens is 403 g/mol. The topological polar surface area (TPSA) is 42.4 Å². The predicted octanol–water partition coefficient (Wildman–Crippen LogP) is 5.44. The van der Waals surface area contributed by atoms with E-state index < -0.39 is 21.8 Å². The molecule has 0 fully saturated rings. The highest BCUT2D eigenvalue weighted by atomic mass is 35.5. The number of halogens is 2. The normalized spacial score (nSPS) is 14.0. The largest absolute Gasteiger partial charge is 0.489 e. The van der Waals surface area contributed by atoms with E-state index in [0.717, 1.165) is 5.56 Å². The fourth-order valence-electron chi connectivity index (χ4n) is 2.71. The third kappa shape index (κ3) is 5.11. The molecule has 0 spiro atoms. The Balaban J connectivity index is 2.69. The molecule has 2 atom stereocenters. The molecule has 0 saturated carbocycles. The van der Waals surface area contributed by atoms with Crippen LogP contribution in [0.5, 0.6) is 5.75 Å². The standard InChI is InChI=1S/C20H24Cl2N2O2S/c1-6-13-26-16-8-7-15(21)18(22)17(16)19(14-9-11-23-12-10-14)24(5)27(25)20(2,3)4/h6-12,19H,1,13H2,2-5H3. The minimum absolute atomic E-state index is 0.320. The van der Waals surface area contributed by atoms with Crippen LogP contribution < -0.4 is 4.74 Å². The van der Waals surface area contributed by atoms with Gasteiger partial charge in [0.2, 0.25) is 0 Å². The number of nitrogens with zero attached hydrogens (tertiary/aromatic N) is 2. The maximum atomic E-state index is 13.2. The van der Waals surface area contributed by atoms with Crippen molar-refractivity contribution in [2.75, 3.05) is 13.7 Å². The Labute approximate surface area is 173 Å². The predicted molar refractivity (Wildman–Crippen MR) is 114 cm³/mol. The maximum Gasteiger partial charge on any atom is 0.126 e. The van der Waals surface area contributed by atoms with Crippen LogP contribution in [0.25, 0.3) is 0 Å². The first-order chi connectivity index (χ1) is 12.7. The summed E-state index contributed by atoms with van der Waals surface area (Å²) in [5.41, 5.74) is 1.55. The van der Waals surface area contributed by atoms with E-state index in [9.17, 15) is 4.21 Å². The first-order valence-electron chi connectivity index (χ1n) is 8.44. The van der Waals surface area contributed by atoms with Crippen molar-refractivity contribution in [3.8, 4) is 5.75 Å². The summed E-state index contributed by atoms with van der Waals surface area (Å²) in [5, 5.41) is 0.782. The number of rotatable bonds is 7. The lowest BCUT2D eigenvalue weighted by molar-refractivity contribution is 0.347. The minimum atomic E-state index is -1.31. The van der Waals surface area contributed by atoms with Gasteiger partial charge in [-0.25, -0.2) is 8.51 Å². The van der Waals surface area contributed by atoms with Crippen LogP contribution in [-0.2, 0) is 11.0 Å². The first kappa shape index (κ1) is 21.9. The van der Waals surface area contributed by atoms with Gasteiger partial charge in [0.15, 0.2) is 0 Å². The lowest BCUT2D eigenvalue weighted by Gasteiger charge is -2.34. The van der Waals surface area contributed by atoms with Crippen molar-refractivity contribution in [1.82, 2.24) is 9.29 Å². The van der Waals surface area contributed by atoms with Crippen molar-refractivity contribution in [2.45, 2.75) is 31.6 Å². The molecule has 2 unspecified atom stereocenters. The Hall–Kier alpha value is -1.40. The molecule has 0 aliphatic heterocycles. The van der Waals surface area contributed by atoms with E-state index >= 15 is 0 Å². The molecule has 2 aromatic rings. The molecule has 7 heteroatoms. The smallest absolute Gasteiger partial charge is 0.126 e. The van der Waals surface area contributed by atoms with E-state index in [0.29, 0.717) is 28.0 Å². The second kappa shape index (κ2) is 9.20. The van der Waals surface area contributed by atoms with Crippen molar-refractivity contribution in [1.29, 1.82) is 0 Å². The number of benzene rings is 1. The minimum Gasteiger partial charge on any atom is -0.489 e. The van der Waals surface area contributed by atoms with E-state index in [1.54, 1.807) is 42.0 Å². The van der Waals surface area contributed by atoms with Gasteiger partial charge in [-0.15, -0.1) is 0 Å². The van der Waals surface area contributed by atoms with Gasteiger partial charge < -0.3 is 4.74 Å². The van der Waals surface area contributed by atoms with E-state index in [1.807, 2.05) is 32.9 Å². The van der Waals surface area contributed by atoms with Crippen molar-refractivity contribution in [3.63, 3.8) is 0 Å². The van der Waals surface area contributed by atoms with Crippen LogP contribution in [0.15, 0.2) is 49.3 Å². The van der Waals surface area contributed by atoms with Gasteiger partial charge in [-0.05, 0) is 50.6 Å². The van der Waals surface area contributed by atoms with Crippen LogP contribution in [0.3, 0.4) is 0 Å². The number of ether oxygens (including phenoxy) is 1. The van der Waals surface area contributed by atoms with E-state index in [-0.39, 0.29) is 0 Å². The molecule has 1 aromatic heterocycles. The Morgan fingerprint density at radius 2 is 1.89 bits per heavy atom. The number of hydrogen-bond acceptors (Lipinski definition) is 3. The Morgan fingerprint density at radius 3 is 2.44 bits per heavy atom. The summed E-state index contributed by atoms with van der Waals surface area (Å²) in [6.45, 7) is 9.80. The molecule has 0 saturated heterocycles. The summed E-state index contributed by atoms with van der Waals surface area (Å²) >= 11 is 12.9. The second-order valence-corrected chi connectivity index (χ2v) is 10.0. The van der Waals surface area contributed by atoms with Crippen LogP contribution in [0.2, 0.25) is 10.0 Å². The zero-order valence-electron chi connectivity index (χ0n) is 15.9. The molecule has 0 radical (unpaired) electrons. The van der Waals surface area contributed by atoms with Gasteiger partial charge in [-0.2, -0.15) is 0 Å². The van der Waals surface area contributed by atoms with Crippen molar-refractivity contribution in [3.05, 3.63) is 70.5 Å². The third-order valence-corrected chi connectivity index (χ3v) is 6.49. The van der Waals surface area contributed by atoms with Gasteiger partial charge in [0.05, 0.1) is 20.8 Å². The fraction of sp³-hybridized carbons (Fsp3) is 0.350. The highest BCUT2D eigenvalue weighted by Gasteiger charge is 2.34. The SMILES string of the molecule is C=CCOc1ccc(Cl)c(Cl)c1C(c1ccncc1)N(C)S(=O)C(C)(C)C. The van der Waals surface area contributed by atoms with Gasteiger partial charge in [-0.1, -0.05) is 35.9 Å². The van der Waals surface area contributed by atoms with Crippen molar-refractivity contribution in [2.24, 2.45) is 0 Å². The van der Waals surface area contributed by atoms with Gasteiger partial charge >= 0.3 is 0 Å². The van der Waals surface area contributed by atoms with Crippen LogP contribution in [0.1, 0.15) is 37.9 Å². The van der Waals surface area contributed by atoms with Crippen molar-refractivity contribution < 1.29 is 8.95 Å². The second-order valence-electron chi connectivity index (χ2n) is 6.96. The average Bonchev–Trinajstić information content (AvgIpc) is 2.64.